The highest BCUT2D eigenvalue weighted by atomic mass is 16.3. The lowest BCUT2D eigenvalue weighted by atomic mass is 10.2. The van der Waals surface area contributed by atoms with E-state index in [0.29, 0.717) is 18.9 Å². The average molecular weight is 330 g/mol. The van der Waals surface area contributed by atoms with Crippen LogP contribution >= 0.6 is 0 Å². The molecule has 0 spiro atoms. The second-order valence-electron chi connectivity index (χ2n) is 5.79. The Kier molecular flexibility index (Phi) is 6.81. The van der Waals surface area contributed by atoms with Crippen molar-refractivity contribution >= 4 is 11.8 Å². The minimum atomic E-state index is -0.221. The summed E-state index contributed by atoms with van der Waals surface area (Å²) in [5, 5.41) is 16.5. The molecule has 0 bridgehead atoms. The van der Waals surface area contributed by atoms with Crippen LogP contribution in [0, 0.1) is 6.92 Å². The summed E-state index contributed by atoms with van der Waals surface area (Å²) in [5.41, 5.74) is 1.83. The predicted molar refractivity (Wildman–Crippen MR) is 95.5 cm³/mol. The quantitative estimate of drug-likeness (QED) is 0.730. The molecule has 1 aromatic heterocycles. The van der Waals surface area contributed by atoms with Crippen molar-refractivity contribution in [3.05, 3.63) is 42.1 Å². The monoisotopic (exact) mass is 330 g/mol. The van der Waals surface area contributed by atoms with Crippen LogP contribution in [0.2, 0.25) is 0 Å². The molecular weight excluding hydrogens is 304 g/mol. The number of para-hydroxylation sites is 1. The first-order valence-corrected chi connectivity index (χ1v) is 8.44. The van der Waals surface area contributed by atoms with Crippen LogP contribution in [0.5, 0.6) is 0 Å². The average Bonchev–Trinajstić information content (AvgIpc) is 2.96. The van der Waals surface area contributed by atoms with Gasteiger partial charge in [-0.1, -0.05) is 38.0 Å². The summed E-state index contributed by atoms with van der Waals surface area (Å²) >= 11 is 0. The Balaban J connectivity index is 2.05. The van der Waals surface area contributed by atoms with Gasteiger partial charge in [-0.2, -0.15) is 0 Å². The van der Waals surface area contributed by atoms with Crippen LogP contribution < -0.4 is 5.32 Å². The lowest BCUT2D eigenvalue weighted by Crippen LogP contribution is -2.38. The molecule has 2 amide bonds. The fourth-order valence-electron chi connectivity index (χ4n) is 2.47. The number of rotatable bonds is 8. The maximum Gasteiger partial charge on any atom is 0.323 e. The van der Waals surface area contributed by atoms with Gasteiger partial charge in [0.2, 0.25) is 0 Å². The van der Waals surface area contributed by atoms with Crippen LogP contribution in [0.1, 0.15) is 31.7 Å². The van der Waals surface area contributed by atoms with Gasteiger partial charge in [-0.25, -0.2) is 9.48 Å². The number of aromatic nitrogens is 2. The van der Waals surface area contributed by atoms with Crippen molar-refractivity contribution < 1.29 is 9.90 Å². The number of anilines is 1. The first-order valence-electron chi connectivity index (χ1n) is 8.44. The van der Waals surface area contributed by atoms with E-state index in [2.05, 4.69) is 17.3 Å². The summed E-state index contributed by atoms with van der Waals surface area (Å²) < 4.78 is 1.75. The number of hydrogen-bond acceptors (Lipinski definition) is 3. The van der Waals surface area contributed by atoms with Crippen LogP contribution in [-0.2, 0) is 0 Å². The normalized spacial score (nSPS) is 10.6. The second-order valence-corrected chi connectivity index (χ2v) is 5.79. The molecule has 0 fully saturated rings. The topological polar surface area (TPSA) is 70.4 Å². The number of urea groups is 1. The van der Waals surface area contributed by atoms with Crippen LogP contribution in [-0.4, -0.2) is 45.5 Å². The SMILES string of the molecule is CCCCCN(CCO)C(=O)Nc1nn(-c2ccccc2)cc1C. The second kappa shape index (κ2) is 9.08. The summed E-state index contributed by atoms with van der Waals surface area (Å²) in [6.45, 7) is 4.95. The number of aliphatic hydroxyl groups excluding tert-OH is 1. The number of aryl methyl sites for hydroxylation is 1. The molecule has 0 saturated heterocycles. The van der Waals surface area contributed by atoms with Gasteiger partial charge >= 0.3 is 6.03 Å². The third-order valence-electron chi connectivity index (χ3n) is 3.83. The van der Waals surface area contributed by atoms with Crippen LogP contribution in [0.25, 0.3) is 5.69 Å². The zero-order chi connectivity index (χ0) is 17.4. The molecule has 2 N–H and O–H groups in total. The smallest absolute Gasteiger partial charge is 0.323 e. The molecular formula is C18H26N4O2. The molecule has 1 aromatic carbocycles. The highest BCUT2D eigenvalue weighted by molar-refractivity contribution is 5.89. The molecule has 0 aliphatic rings. The number of amides is 2. The van der Waals surface area contributed by atoms with E-state index < -0.39 is 0 Å². The first kappa shape index (κ1) is 18.0. The summed E-state index contributed by atoms with van der Waals surface area (Å²) in [6.07, 6.45) is 4.98. The van der Waals surface area contributed by atoms with E-state index in [1.807, 2.05) is 43.5 Å². The van der Waals surface area contributed by atoms with Gasteiger partial charge < -0.3 is 10.0 Å². The highest BCUT2D eigenvalue weighted by Gasteiger charge is 2.16. The van der Waals surface area contributed by atoms with E-state index in [4.69, 9.17) is 0 Å². The third kappa shape index (κ3) is 4.83. The predicted octanol–water partition coefficient (Wildman–Crippen LogP) is 3.20. The minimum Gasteiger partial charge on any atom is -0.395 e. The van der Waals surface area contributed by atoms with Crippen molar-refractivity contribution in [3.63, 3.8) is 0 Å². The lowest BCUT2D eigenvalue weighted by molar-refractivity contribution is 0.187. The van der Waals surface area contributed by atoms with E-state index in [1.54, 1.807) is 9.58 Å². The molecule has 24 heavy (non-hydrogen) atoms. The Morgan fingerprint density at radius 2 is 2.00 bits per heavy atom. The molecule has 0 unspecified atom stereocenters. The maximum atomic E-state index is 12.4. The van der Waals surface area contributed by atoms with E-state index in [0.717, 1.165) is 30.5 Å². The van der Waals surface area contributed by atoms with Crippen LogP contribution in [0.3, 0.4) is 0 Å². The molecule has 130 valence electrons. The van der Waals surface area contributed by atoms with Crippen molar-refractivity contribution in [1.29, 1.82) is 0 Å². The molecule has 2 aromatic rings. The molecule has 0 radical (unpaired) electrons. The van der Waals surface area contributed by atoms with E-state index in [-0.39, 0.29) is 12.6 Å². The van der Waals surface area contributed by atoms with Gasteiger partial charge in [0.15, 0.2) is 5.82 Å². The molecule has 0 saturated carbocycles. The van der Waals surface area contributed by atoms with E-state index in [1.165, 1.54) is 0 Å². The molecule has 0 aliphatic carbocycles. The highest BCUT2D eigenvalue weighted by Crippen LogP contribution is 2.16. The number of nitrogens with one attached hydrogen (secondary N) is 1. The standard InChI is InChI=1S/C18H26N4O2/c1-3-4-8-11-21(12-13-23)18(24)19-17-15(2)14-22(20-17)16-9-6-5-7-10-16/h5-7,9-10,14,23H,3-4,8,11-13H2,1-2H3,(H,19,20,24). The fraction of sp³-hybridized carbons (Fsp3) is 0.444. The number of unbranched alkanes of at least 4 members (excludes halogenated alkanes) is 2. The molecule has 2 rings (SSSR count). The van der Waals surface area contributed by atoms with Gasteiger partial charge in [0.1, 0.15) is 0 Å². The van der Waals surface area contributed by atoms with Crippen molar-refractivity contribution in [2.75, 3.05) is 25.0 Å². The van der Waals surface area contributed by atoms with Gasteiger partial charge in [0, 0.05) is 24.8 Å². The summed E-state index contributed by atoms with van der Waals surface area (Å²) in [5.74, 6) is 0.544. The Hall–Kier alpha value is -2.34. The molecule has 6 nitrogen and oxygen atoms in total. The van der Waals surface area contributed by atoms with E-state index >= 15 is 0 Å². The third-order valence-corrected chi connectivity index (χ3v) is 3.83. The number of benzene rings is 1. The van der Waals surface area contributed by atoms with Crippen molar-refractivity contribution in [2.45, 2.75) is 33.1 Å². The Morgan fingerprint density at radius 1 is 1.25 bits per heavy atom. The summed E-state index contributed by atoms with van der Waals surface area (Å²) in [6, 6.07) is 9.54. The van der Waals surface area contributed by atoms with Gasteiger partial charge in [-0.15, -0.1) is 5.10 Å². The van der Waals surface area contributed by atoms with Crippen molar-refractivity contribution in [2.24, 2.45) is 0 Å². The zero-order valence-corrected chi connectivity index (χ0v) is 14.4. The Labute approximate surface area is 143 Å². The lowest BCUT2D eigenvalue weighted by Gasteiger charge is -2.21. The number of hydrogen-bond donors (Lipinski definition) is 2. The molecule has 1 heterocycles. The first-order chi connectivity index (χ1) is 11.7. The summed E-state index contributed by atoms with van der Waals surface area (Å²) in [7, 11) is 0. The molecule has 0 aliphatic heterocycles. The number of aliphatic hydroxyl groups is 1. The van der Waals surface area contributed by atoms with Gasteiger partial charge in [-0.05, 0) is 25.5 Å². The Morgan fingerprint density at radius 3 is 2.67 bits per heavy atom. The molecule has 0 atom stereocenters. The Bertz CT molecular complexity index is 640. The fourth-order valence-corrected chi connectivity index (χ4v) is 2.47. The number of carbonyl (C=O) groups is 1. The largest absolute Gasteiger partial charge is 0.395 e. The maximum absolute atomic E-state index is 12.4. The van der Waals surface area contributed by atoms with Crippen LogP contribution in [0.15, 0.2) is 36.5 Å². The molecule has 6 heteroatoms. The summed E-state index contributed by atoms with van der Waals surface area (Å²) in [4.78, 5) is 14.1. The van der Waals surface area contributed by atoms with Gasteiger partial charge in [0.25, 0.3) is 0 Å². The van der Waals surface area contributed by atoms with Gasteiger partial charge in [0.05, 0.1) is 12.3 Å². The number of carbonyl (C=O) groups excluding carboxylic acids is 1. The van der Waals surface area contributed by atoms with Crippen molar-refractivity contribution in [3.8, 4) is 5.69 Å². The number of nitrogens with zero attached hydrogens (tertiary/aromatic N) is 3. The van der Waals surface area contributed by atoms with Gasteiger partial charge in [-0.3, -0.25) is 5.32 Å². The van der Waals surface area contributed by atoms with E-state index in [9.17, 15) is 9.90 Å². The zero-order valence-electron chi connectivity index (χ0n) is 14.4. The van der Waals surface area contributed by atoms with Crippen LogP contribution in [0.4, 0.5) is 10.6 Å². The van der Waals surface area contributed by atoms with Crippen molar-refractivity contribution in [1.82, 2.24) is 14.7 Å². The minimum absolute atomic E-state index is 0.0447.